The summed E-state index contributed by atoms with van der Waals surface area (Å²) in [5.74, 6) is -0.990. The van der Waals surface area contributed by atoms with Crippen molar-refractivity contribution >= 4 is 57.2 Å². The molecule has 0 aliphatic heterocycles. The van der Waals surface area contributed by atoms with Crippen LogP contribution in [-0.2, 0) is 4.79 Å². The normalized spacial score (nSPS) is 12.1. The molecule has 1 atom stereocenters. The number of carbonyl (C=O) groups is 2. The molecule has 0 saturated carbocycles. The highest BCUT2D eigenvalue weighted by atomic mass is 79.9. The second kappa shape index (κ2) is 10.7. The molecule has 0 fully saturated rings. The van der Waals surface area contributed by atoms with Gasteiger partial charge in [0, 0.05) is 5.02 Å². The van der Waals surface area contributed by atoms with Gasteiger partial charge >= 0.3 is 0 Å². The van der Waals surface area contributed by atoms with Crippen LogP contribution < -0.4 is 15.5 Å². The maximum absolute atomic E-state index is 12.6. The van der Waals surface area contributed by atoms with Gasteiger partial charge in [-0.05, 0) is 57.7 Å². The largest absolute Gasteiger partial charge is 0.503 e. The van der Waals surface area contributed by atoms with Gasteiger partial charge in [-0.1, -0.05) is 37.0 Å². The summed E-state index contributed by atoms with van der Waals surface area (Å²) < 4.78 is 5.49. The van der Waals surface area contributed by atoms with Crippen LogP contribution >= 0.6 is 39.1 Å². The third-order valence-corrected chi connectivity index (χ3v) is 5.22. The molecule has 0 aliphatic rings. The fourth-order valence-electron chi connectivity index (χ4n) is 2.49. The number of halogens is 3. The van der Waals surface area contributed by atoms with E-state index >= 15 is 0 Å². The minimum atomic E-state index is -0.845. The first-order valence-electron chi connectivity index (χ1n) is 8.79. The van der Waals surface area contributed by atoms with E-state index in [0.717, 1.165) is 0 Å². The highest BCUT2D eigenvalue weighted by molar-refractivity contribution is 9.10. The van der Waals surface area contributed by atoms with Crippen molar-refractivity contribution in [1.82, 2.24) is 10.7 Å². The van der Waals surface area contributed by atoms with Crippen molar-refractivity contribution in [3.05, 3.63) is 56.0 Å². The number of aromatic hydroxyl groups is 1. The fourth-order valence-corrected chi connectivity index (χ4v) is 3.45. The SMILES string of the molecule is COc1cc(/C=N/NC(=O)C(NC(=O)c2ccc(Cl)cc2Cl)C(C)C)cc(Br)c1O. The zero-order chi connectivity index (χ0) is 22.4. The number of phenols is 1. The molecule has 1 unspecified atom stereocenters. The summed E-state index contributed by atoms with van der Waals surface area (Å²) in [6.45, 7) is 3.58. The van der Waals surface area contributed by atoms with Crippen LogP contribution in [0, 0.1) is 5.92 Å². The molecule has 30 heavy (non-hydrogen) atoms. The molecule has 0 saturated heterocycles. The van der Waals surface area contributed by atoms with Crippen molar-refractivity contribution in [2.75, 3.05) is 7.11 Å². The molecule has 0 bridgehead atoms. The van der Waals surface area contributed by atoms with Crippen LogP contribution in [-0.4, -0.2) is 36.3 Å². The van der Waals surface area contributed by atoms with Crippen LogP contribution in [0.2, 0.25) is 10.0 Å². The molecule has 0 spiro atoms. The molecule has 0 radical (unpaired) electrons. The number of hydrogen-bond donors (Lipinski definition) is 3. The Morgan fingerprint density at radius 2 is 1.93 bits per heavy atom. The molecule has 3 N–H and O–H groups in total. The summed E-state index contributed by atoms with van der Waals surface area (Å²) in [6.07, 6.45) is 1.39. The molecule has 0 aromatic heterocycles. The summed E-state index contributed by atoms with van der Waals surface area (Å²) in [5, 5.41) is 17.0. The van der Waals surface area contributed by atoms with Crippen molar-refractivity contribution in [2.45, 2.75) is 19.9 Å². The number of hydrazone groups is 1. The van der Waals surface area contributed by atoms with Gasteiger partial charge in [0.1, 0.15) is 6.04 Å². The van der Waals surface area contributed by atoms with Crippen LogP contribution in [0.15, 0.2) is 39.9 Å². The molecule has 160 valence electrons. The van der Waals surface area contributed by atoms with Gasteiger partial charge in [-0.3, -0.25) is 9.59 Å². The van der Waals surface area contributed by atoms with Gasteiger partial charge in [0.25, 0.3) is 11.8 Å². The average molecular weight is 517 g/mol. The standard InChI is InChI=1S/C20H20BrCl2N3O4/c1-10(2)17(25-19(28)13-5-4-12(22)8-15(13)23)20(29)26-24-9-11-6-14(21)18(27)16(7-11)30-3/h4-10,17,27H,1-3H3,(H,25,28)(H,26,29)/b24-9+. The maximum atomic E-state index is 12.6. The van der Waals surface area contributed by atoms with Gasteiger partial charge in [0.05, 0.1) is 28.4 Å². The van der Waals surface area contributed by atoms with Crippen LogP contribution in [0.5, 0.6) is 11.5 Å². The maximum Gasteiger partial charge on any atom is 0.262 e. The lowest BCUT2D eigenvalue weighted by atomic mass is 10.0. The Morgan fingerprint density at radius 1 is 1.23 bits per heavy atom. The number of amides is 2. The summed E-state index contributed by atoms with van der Waals surface area (Å²) in [6, 6.07) is 6.81. The summed E-state index contributed by atoms with van der Waals surface area (Å²) >= 11 is 15.1. The van der Waals surface area contributed by atoms with E-state index in [4.69, 9.17) is 27.9 Å². The molecule has 2 amide bonds. The highest BCUT2D eigenvalue weighted by Gasteiger charge is 2.25. The Balaban J connectivity index is 2.10. The minimum absolute atomic E-state index is 0.0397. The lowest BCUT2D eigenvalue weighted by molar-refractivity contribution is -0.123. The van der Waals surface area contributed by atoms with Gasteiger partial charge in [0.2, 0.25) is 0 Å². The molecule has 2 rings (SSSR count). The lowest BCUT2D eigenvalue weighted by Gasteiger charge is -2.20. The smallest absolute Gasteiger partial charge is 0.262 e. The van der Waals surface area contributed by atoms with Crippen molar-refractivity contribution in [3.63, 3.8) is 0 Å². The molecular weight excluding hydrogens is 497 g/mol. The topological polar surface area (TPSA) is 100 Å². The van der Waals surface area contributed by atoms with Crippen molar-refractivity contribution in [1.29, 1.82) is 0 Å². The Labute approximate surface area is 192 Å². The predicted octanol–water partition coefficient (Wildman–Crippen LogP) is 4.37. The van der Waals surface area contributed by atoms with E-state index in [0.29, 0.717) is 15.1 Å². The number of benzene rings is 2. The number of hydrogen-bond acceptors (Lipinski definition) is 5. The van der Waals surface area contributed by atoms with Gasteiger partial charge in [-0.15, -0.1) is 0 Å². The number of rotatable bonds is 7. The summed E-state index contributed by atoms with van der Waals surface area (Å²) in [7, 11) is 1.42. The van der Waals surface area contributed by atoms with Gasteiger partial charge in [-0.25, -0.2) is 5.43 Å². The average Bonchev–Trinajstić information content (AvgIpc) is 2.68. The number of ether oxygens (including phenoxy) is 1. The molecule has 7 nitrogen and oxygen atoms in total. The molecule has 10 heteroatoms. The molecule has 0 heterocycles. The van der Waals surface area contributed by atoms with E-state index in [9.17, 15) is 14.7 Å². The number of phenolic OH excluding ortho intramolecular Hbond substituents is 1. The van der Waals surface area contributed by atoms with Crippen molar-refractivity contribution < 1.29 is 19.4 Å². The third kappa shape index (κ3) is 6.10. The van der Waals surface area contributed by atoms with Crippen molar-refractivity contribution in [3.8, 4) is 11.5 Å². The number of nitrogens with zero attached hydrogens (tertiary/aromatic N) is 1. The van der Waals surface area contributed by atoms with Crippen LogP contribution in [0.4, 0.5) is 0 Å². The first-order chi connectivity index (χ1) is 14.1. The molecule has 0 aliphatic carbocycles. The number of nitrogens with one attached hydrogen (secondary N) is 2. The Hall–Kier alpha value is -2.29. The number of carbonyl (C=O) groups excluding carboxylic acids is 2. The van der Waals surface area contributed by atoms with E-state index in [2.05, 4.69) is 31.8 Å². The van der Waals surface area contributed by atoms with Gasteiger partial charge in [0.15, 0.2) is 11.5 Å². The minimum Gasteiger partial charge on any atom is -0.503 e. The first kappa shape index (κ1) is 24.0. The van der Waals surface area contributed by atoms with Gasteiger partial charge in [-0.2, -0.15) is 5.10 Å². The van der Waals surface area contributed by atoms with Crippen LogP contribution in [0.1, 0.15) is 29.8 Å². The Bertz CT molecular complexity index is 983. The predicted molar refractivity (Wildman–Crippen MR) is 121 cm³/mol. The lowest BCUT2D eigenvalue weighted by Crippen LogP contribution is -2.48. The second-order valence-electron chi connectivity index (χ2n) is 6.61. The summed E-state index contributed by atoms with van der Waals surface area (Å²) in [5.41, 5.74) is 3.20. The van der Waals surface area contributed by atoms with E-state index in [1.54, 1.807) is 32.0 Å². The monoisotopic (exact) mass is 515 g/mol. The van der Waals surface area contributed by atoms with E-state index in [-0.39, 0.29) is 28.0 Å². The highest BCUT2D eigenvalue weighted by Crippen LogP contribution is 2.34. The first-order valence-corrected chi connectivity index (χ1v) is 10.3. The molecular formula is C20H20BrCl2N3O4. The molecule has 2 aromatic carbocycles. The zero-order valence-corrected chi connectivity index (χ0v) is 19.5. The van der Waals surface area contributed by atoms with Crippen LogP contribution in [0.25, 0.3) is 0 Å². The Kier molecular flexibility index (Phi) is 8.52. The third-order valence-electron chi connectivity index (χ3n) is 4.07. The van der Waals surface area contributed by atoms with Crippen LogP contribution in [0.3, 0.4) is 0 Å². The Morgan fingerprint density at radius 3 is 2.53 bits per heavy atom. The van der Waals surface area contributed by atoms with E-state index in [1.165, 1.54) is 25.5 Å². The second-order valence-corrected chi connectivity index (χ2v) is 8.31. The zero-order valence-electron chi connectivity index (χ0n) is 16.4. The van der Waals surface area contributed by atoms with E-state index in [1.807, 2.05) is 0 Å². The fraction of sp³-hybridized carbons (Fsp3) is 0.250. The molecule has 2 aromatic rings. The summed E-state index contributed by atoms with van der Waals surface area (Å²) in [4.78, 5) is 25.1. The quantitative estimate of drug-likeness (QED) is 0.375. The van der Waals surface area contributed by atoms with Crippen molar-refractivity contribution in [2.24, 2.45) is 11.0 Å². The van der Waals surface area contributed by atoms with Gasteiger partial charge < -0.3 is 15.2 Å². The number of methoxy groups -OCH3 is 1. The van der Waals surface area contributed by atoms with E-state index < -0.39 is 17.9 Å².